The second-order valence-corrected chi connectivity index (χ2v) is 2.98. The molecule has 0 amide bonds. The Morgan fingerprint density at radius 2 is 2.00 bits per heavy atom. The zero-order valence-electron chi connectivity index (χ0n) is 7.34. The molecule has 0 aromatic heterocycles. The quantitative estimate of drug-likeness (QED) is 0.360. The van der Waals surface area contributed by atoms with Crippen molar-refractivity contribution in [2.75, 3.05) is 13.2 Å². The van der Waals surface area contributed by atoms with Crippen LogP contribution in [0.25, 0.3) is 0 Å². The van der Waals surface area contributed by atoms with E-state index in [1.807, 2.05) is 0 Å². The van der Waals surface area contributed by atoms with Gasteiger partial charge in [-0.1, -0.05) is 6.08 Å². The van der Waals surface area contributed by atoms with Crippen LogP contribution in [-0.2, 0) is 9.47 Å². The molecule has 0 bridgehead atoms. The number of hydrogen-bond acceptors (Lipinski definition) is 3. The summed E-state index contributed by atoms with van der Waals surface area (Å²) in [6.45, 7) is 1.34. The summed E-state index contributed by atoms with van der Waals surface area (Å²) in [5.41, 5.74) is 0. The minimum absolute atomic E-state index is 0. The molecule has 1 aliphatic heterocycles. The normalized spacial score (nSPS) is 26.5. The molecule has 1 saturated heterocycles. The number of ether oxygens (including phenoxy) is 2. The first-order valence-corrected chi connectivity index (χ1v) is 3.95. The molecule has 0 aromatic carbocycles. The molecule has 3 nitrogen and oxygen atoms in total. The molecule has 0 unspecified atom stereocenters. The van der Waals surface area contributed by atoms with Crippen LogP contribution in [0.3, 0.4) is 0 Å². The molecule has 0 saturated carbocycles. The van der Waals surface area contributed by atoms with Gasteiger partial charge in [0.2, 0.25) is 0 Å². The minimum Gasteiger partial charge on any atom is -0.876 e. The molecular formula is C8H11LiO3. The molecule has 0 N–H and O–H groups in total. The zero-order valence-corrected chi connectivity index (χ0v) is 7.34. The first kappa shape index (κ1) is 10.1. The van der Waals surface area contributed by atoms with Crippen LogP contribution in [0.4, 0.5) is 0 Å². The molecule has 2 aliphatic rings. The van der Waals surface area contributed by atoms with E-state index in [1.54, 1.807) is 6.08 Å². The third kappa shape index (κ3) is 1.86. The Labute approximate surface area is 83.9 Å². The Morgan fingerprint density at radius 1 is 1.33 bits per heavy atom. The molecular weight excluding hydrogens is 151 g/mol. The van der Waals surface area contributed by atoms with Gasteiger partial charge in [-0.25, -0.2) is 0 Å². The first-order chi connectivity index (χ1) is 5.31. The fourth-order valence-electron chi connectivity index (χ4n) is 1.55. The standard InChI is InChI=1S/C8H12O3.Li/c9-7-1-3-8(4-2-7)10-5-6-11-8;/h1,9H,2-6H2;/q;+1/p-1. The Kier molecular flexibility index (Phi) is 3.25. The zero-order chi connectivity index (χ0) is 7.73. The largest absolute Gasteiger partial charge is 1.00 e. The number of hydrogen-bond donors (Lipinski definition) is 0. The molecule has 0 atom stereocenters. The van der Waals surface area contributed by atoms with Crippen molar-refractivity contribution in [2.45, 2.75) is 25.0 Å². The summed E-state index contributed by atoms with van der Waals surface area (Å²) in [7, 11) is 0. The maximum absolute atomic E-state index is 10.8. The SMILES string of the molecule is [Li+].[O-]C1=CCC2(CC1)OCCO2. The van der Waals surface area contributed by atoms with Gasteiger partial charge in [0.25, 0.3) is 0 Å². The molecule has 2 rings (SSSR count). The van der Waals surface area contributed by atoms with Crippen molar-refractivity contribution in [1.82, 2.24) is 0 Å². The second kappa shape index (κ2) is 3.84. The van der Waals surface area contributed by atoms with Gasteiger partial charge < -0.3 is 14.6 Å². The predicted octanol–water partition coefficient (Wildman–Crippen LogP) is -2.84. The van der Waals surface area contributed by atoms with E-state index >= 15 is 0 Å². The van der Waals surface area contributed by atoms with Gasteiger partial charge in [-0.2, -0.15) is 0 Å². The van der Waals surface area contributed by atoms with Crippen LogP contribution in [0.1, 0.15) is 19.3 Å². The van der Waals surface area contributed by atoms with Gasteiger partial charge >= 0.3 is 18.9 Å². The summed E-state index contributed by atoms with van der Waals surface area (Å²) in [6.07, 6.45) is 3.60. The maximum atomic E-state index is 10.8. The van der Waals surface area contributed by atoms with Crippen LogP contribution >= 0.6 is 0 Å². The van der Waals surface area contributed by atoms with E-state index in [2.05, 4.69) is 0 Å². The number of rotatable bonds is 0. The molecule has 1 aliphatic carbocycles. The molecule has 1 heterocycles. The van der Waals surface area contributed by atoms with Crippen LogP contribution in [0.2, 0.25) is 0 Å². The van der Waals surface area contributed by atoms with Crippen molar-refractivity contribution in [3.8, 4) is 0 Å². The Bertz CT molecular complexity index is 185. The van der Waals surface area contributed by atoms with Crippen molar-refractivity contribution in [3.63, 3.8) is 0 Å². The topological polar surface area (TPSA) is 41.5 Å². The molecule has 1 spiro atoms. The van der Waals surface area contributed by atoms with Crippen LogP contribution < -0.4 is 24.0 Å². The van der Waals surface area contributed by atoms with E-state index < -0.39 is 5.79 Å². The van der Waals surface area contributed by atoms with Gasteiger partial charge in [-0.3, -0.25) is 0 Å². The van der Waals surface area contributed by atoms with E-state index in [4.69, 9.17) is 9.47 Å². The van der Waals surface area contributed by atoms with Crippen molar-refractivity contribution in [2.24, 2.45) is 0 Å². The summed E-state index contributed by atoms with van der Waals surface area (Å²) in [6, 6.07) is 0. The summed E-state index contributed by atoms with van der Waals surface area (Å²) in [5, 5.41) is 10.8. The molecule has 0 radical (unpaired) electrons. The first-order valence-electron chi connectivity index (χ1n) is 3.95. The van der Waals surface area contributed by atoms with Crippen LogP contribution in [0.15, 0.2) is 11.8 Å². The fraction of sp³-hybridized carbons (Fsp3) is 0.750. The minimum atomic E-state index is -0.423. The number of allylic oxidation sites excluding steroid dienone is 1. The summed E-state index contributed by atoms with van der Waals surface area (Å²) >= 11 is 0. The van der Waals surface area contributed by atoms with Crippen LogP contribution in [0.5, 0.6) is 0 Å². The Morgan fingerprint density at radius 3 is 2.50 bits per heavy atom. The van der Waals surface area contributed by atoms with Gasteiger partial charge in [0.15, 0.2) is 5.79 Å². The van der Waals surface area contributed by atoms with E-state index in [1.165, 1.54) is 0 Å². The van der Waals surface area contributed by atoms with Gasteiger partial charge in [-0.15, -0.1) is 5.76 Å². The summed E-state index contributed by atoms with van der Waals surface area (Å²) in [5.74, 6) is -0.205. The van der Waals surface area contributed by atoms with Gasteiger partial charge in [0.05, 0.1) is 13.2 Å². The monoisotopic (exact) mass is 162 g/mol. The second-order valence-electron chi connectivity index (χ2n) is 2.98. The van der Waals surface area contributed by atoms with E-state index in [-0.39, 0.29) is 24.6 Å². The van der Waals surface area contributed by atoms with Gasteiger partial charge in [0.1, 0.15) is 0 Å². The van der Waals surface area contributed by atoms with Crippen molar-refractivity contribution in [3.05, 3.63) is 11.8 Å². The molecule has 4 heteroatoms. The average molecular weight is 162 g/mol. The van der Waals surface area contributed by atoms with Crippen molar-refractivity contribution < 1.29 is 33.4 Å². The van der Waals surface area contributed by atoms with Crippen molar-refractivity contribution in [1.29, 1.82) is 0 Å². The molecule has 0 aromatic rings. The molecule has 1 fully saturated rings. The summed E-state index contributed by atoms with van der Waals surface area (Å²) in [4.78, 5) is 0. The molecule has 62 valence electrons. The van der Waals surface area contributed by atoms with Crippen LogP contribution in [-0.4, -0.2) is 19.0 Å². The third-order valence-corrected chi connectivity index (χ3v) is 2.21. The van der Waals surface area contributed by atoms with Crippen molar-refractivity contribution >= 4 is 0 Å². The Balaban J connectivity index is 0.000000720. The van der Waals surface area contributed by atoms with E-state index in [0.717, 1.165) is 6.42 Å². The van der Waals surface area contributed by atoms with E-state index in [9.17, 15) is 5.11 Å². The third-order valence-electron chi connectivity index (χ3n) is 2.21. The van der Waals surface area contributed by atoms with E-state index in [0.29, 0.717) is 26.1 Å². The van der Waals surface area contributed by atoms with Gasteiger partial charge in [-0.05, 0) is 6.42 Å². The Hall–Kier alpha value is 0.0574. The molecule has 12 heavy (non-hydrogen) atoms. The van der Waals surface area contributed by atoms with Gasteiger partial charge in [0, 0.05) is 12.8 Å². The smallest absolute Gasteiger partial charge is 0.876 e. The average Bonchev–Trinajstić information content (AvgIpc) is 2.45. The maximum Gasteiger partial charge on any atom is 1.00 e. The summed E-state index contributed by atoms with van der Waals surface area (Å²) < 4.78 is 10.8. The fourth-order valence-corrected chi connectivity index (χ4v) is 1.55. The predicted molar refractivity (Wildman–Crippen MR) is 36.6 cm³/mol. The van der Waals surface area contributed by atoms with Crippen LogP contribution in [0, 0.1) is 0 Å².